The number of esters is 1. The Bertz CT molecular complexity index is 451. The molecule has 0 amide bonds. The maximum atomic E-state index is 12.3. The lowest BCUT2D eigenvalue weighted by Gasteiger charge is -2.47. The number of rotatable bonds is 3. The number of fused-ring (bicyclic) bond motifs is 3. The molecular formula is C16H21NO2. The van der Waals surface area contributed by atoms with Crippen molar-refractivity contribution >= 4 is 5.97 Å². The van der Waals surface area contributed by atoms with Crippen LogP contribution in [-0.2, 0) is 16.1 Å². The van der Waals surface area contributed by atoms with Crippen molar-refractivity contribution in [3.8, 4) is 0 Å². The minimum Gasteiger partial charge on any atom is -0.459 e. The minimum absolute atomic E-state index is 0.203. The molecule has 2 bridgehead atoms. The third kappa shape index (κ3) is 2.39. The number of benzene rings is 1. The Morgan fingerprint density at radius 2 is 1.89 bits per heavy atom. The summed E-state index contributed by atoms with van der Waals surface area (Å²) >= 11 is 0. The highest BCUT2D eigenvalue weighted by Crippen LogP contribution is 2.46. The predicted molar refractivity (Wildman–Crippen MR) is 73.2 cm³/mol. The van der Waals surface area contributed by atoms with Gasteiger partial charge in [-0.3, -0.25) is 4.79 Å². The van der Waals surface area contributed by atoms with Crippen LogP contribution < -0.4 is 5.73 Å². The van der Waals surface area contributed by atoms with Crippen LogP contribution in [0.1, 0.15) is 37.7 Å². The smallest absolute Gasteiger partial charge is 0.326 e. The number of hydrogen-bond donors (Lipinski definition) is 1. The molecule has 3 saturated carbocycles. The summed E-state index contributed by atoms with van der Waals surface area (Å²) in [5.74, 6) is 0.741. The summed E-state index contributed by atoms with van der Waals surface area (Å²) in [7, 11) is 0. The largest absolute Gasteiger partial charge is 0.459 e. The van der Waals surface area contributed by atoms with Gasteiger partial charge in [0.05, 0.1) is 0 Å². The molecule has 0 spiro atoms. The van der Waals surface area contributed by atoms with Gasteiger partial charge in [-0.2, -0.15) is 0 Å². The molecule has 1 aromatic rings. The van der Waals surface area contributed by atoms with Gasteiger partial charge in [0.2, 0.25) is 0 Å². The first-order chi connectivity index (χ1) is 9.18. The van der Waals surface area contributed by atoms with Gasteiger partial charge in [0.25, 0.3) is 0 Å². The molecule has 3 fully saturated rings. The first kappa shape index (κ1) is 12.7. The van der Waals surface area contributed by atoms with Gasteiger partial charge in [0.15, 0.2) is 0 Å². The fourth-order valence-corrected chi connectivity index (χ4v) is 3.63. The Labute approximate surface area is 114 Å². The number of nitrogens with two attached hydrogens (primary N) is 1. The van der Waals surface area contributed by atoms with E-state index in [1.165, 1.54) is 12.8 Å². The van der Waals surface area contributed by atoms with Gasteiger partial charge < -0.3 is 10.5 Å². The van der Waals surface area contributed by atoms with E-state index in [1.807, 2.05) is 30.3 Å². The van der Waals surface area contributed by atoms with Crippen molar-refractivity contribution < 1.29 is 9.53 Å². The summed E-state index contributed by atoms with van der Waals surface area (Å²) in [6.45, 7) is 0.329. The molecule has 1 atom stereocenters. The Kier molecular flexibility index (Phi) is 3.31. The summed E-state index contributed by atoms with van der Waals surface area (Å²) in [6.07, 6.45) is 5.44. The second-order valence-corrected chi connectivity index (χ2v) is 6.02. The molecule has 0 radical (unpaired) electrons. The molecule has 4 rings (SSSR count). The van der Waals surface area contributed by atoms with E-state index in [9.17, 15) is 4.79 Å². The first-order valence-corrected chi connectivity index (χ1v) is 7.18. The zero-order chi connectivity index (χ0) is 13.3. The lowest BCUT2D eigenvalue weighted by molar-refractivity contribution is -0.158. The van der Waals surface area contributed by atoms with Crippen molar-refractivity contribution in [2.75, 3.05) is 0 Å². The predicted octanol–water partition coefficient (Wildman–Crippen LogP) is 2.64. The zero-order valence-electron chi connectivity index (χ0n) is 11.2. The number of carbonyl (C=O) groups is 1. The molecule has 1 aromatic carbocycles. The molecule has 102 valence electrons. The lowest BCUT2D eigenvalue weighted by Crippen LogP contribution is -2.60. The molecular weight excluding hydrogens is 238 g/mol. The van der Waals surface area contributed by atoms with E-state index >= 15 is 0 Å². The van der Waals surface area contributed by atoms with Crippen LogP contribution in [0.3, 0.4) is 0 Å². The van der Waals surface area contributed by atoms with Crippen molar-refractivity contribution in [1.29, 1.82) is 0 Å². The molecule has 19 heavy (non-hydrogen) atoms. The normalized spacial score (nSPS) is 33.1. The standard InChI is InChI=1S/C16H21NO2/c17-16(10-12-6-8-14(16)9-7-12)15(18)19-11-13-4-2-1-3-5-13/h1-5,12,14H,6-11,17H2/t12?,14?,16-/m1/s1. The molecule has 3 nitrogen and oxygen atoms in total. The molecule has 0 heterocycles. The van der Waals surface area contributed by atoms with E-state index in [0.29, 0.717) is 18.4 Å². The fraction of sp³-hybridized carbons (Fsp3) is 0.562. The lowest BCUT2D eigenvalue weighted by atomic mass is 9.61. The molecule has 0 unspecified atom stereocenters. The van der Waals surface area contributed by atoms with Gasteiger partial charge >= 0.3 is 5.97 Å². The highest BCUT2D eigenvalue weighted by Gasteiger charge is 2.50. The average Bonchev–Trinajstić information content (AvgIpc) is 2.47. The molecule has 3 aliphatic rings. The third-order valence-electron chi connectivity index (χ3n) is 4.79. The Hall–Kier alpha value is -1.35. The van der Waals surface area contributed by atoms with Gasteiger partial charge in [-0.15, -0.1) is 0 Å². The Morgan fingerprint density at radius 3 is 2.47 bits per heavy atom. The first-order valence-electron chi connectivity index (χ1n) is 7.18. The van der Waals surface area contributed by atoms with Crippen LogP contribution >= 0.6 is 0 Å². The maximum absolute atomic E-state index is 12.3. The van der Waals surface area contributed by atoms with Gasteiger partial charge in [0, 0.05) is 0 Å². The summed E-state index contributed by atoms with van der Waals surface area (Å²) in [6, 6.07) is 9.77. The Morgan fingerprint density at radius 1 is 1.21 bits per heavy atom. The van der Waals surface area contributed by atoms with Crippen LogP contribution in [0.4, 0.5) is 0 Å². The zero-order valence-corrected chi connectivity index (χ0v) is 11.2. The van der Waals surface area contributed by atoms with Gasteiger partial charge in [-0.25, -0.2) is 0 Å². The Balaban J connectivity index is 1.64. The quantitative estimate of drug-likeness (QED) is 0.849. The van der Waals surface area contributed by atoms with Crippen molar-refractivity contribution in [2.45, 2.75) is 44.2 Å². The summed E-state index contributed by atoms with van der Waals surface area (Å²) < 4.78 is 5.46. The highest BCUT2D eigenvalue weighted by molar-refractivity contribution is 5.81. The summed E-state index contributed by atoms with van der Waals surface area (Å²) in [5.41, 5.74) is 6.67. The molecule has 0 aliphatic heterocycles. The minimum atomic E-state index is -0.726. The van der Waals surface area contributed by atoms with Crippen LogP contribution in [0, 0.1) is 11.8 Å². The van der Waals surface area contributed by atoms with Crippen molar-refractivity contribution in [2.24, 2.45) is 17.6 Å². The summed E-state index contributed by atoms with van der Waals surface area (Å²) in [4.78, 5) is 12.3. The topological polar surface area (TPSA) is 52.3 Å². The van der Waals surface area contributed by atoms with E-state index in [4.69, 9.17) is 10.5 Å². The molecule has 0 aromatic heterocycles. The second-order valence-electron chi connectivity index (χ2n) is 6.02. The van der Waals surface area contributed by atoms with Crippen LogP contribution in [0.15, 0.2) is 30.3 Å². The van der Waals surface area contributed by atoms with Crippen LogP contribution in [-0.4, -0.2) is 11.5 Å². The molecule has 3 aliphatic carbocycles. The van der Waals surface area contributed by atoms with E-state index in [2.05, 4.69) is 0 Å². The number of carbonyl (C=O) groups excluding carboxylic acids is 1. The highest BCUT2D eigenvalue weighted by atomic mass is 16.5. The van der Waals surface area contributed by atoms with E-state index in [1.54, 1.807) is 0 Å². The average molecular weight is 259 g/mol. The van der Waals surface area contributed by atoms with Gasteiger partial charge in [0.1, 0.15) is 12.1 Å². The van der Waals surface area contributed by atoms with Crippen LogP contribution in [0.2, 0.25) is 0 Å². The van der Waals surface area contributed by atoms with Gasteiger partial charge in [-0.05, 0) is 36.7 Å². The van der Waals surface area contributed by atoms with Crippen molar-refractivity contribution in [3.05, 3.63) is 35.9 Å². The fourth-order valence-electron chi connectivity index (χ4n) is 3.63. The SMILES string of the molecule is N[C@]1(C(=O)OCc2ccccc2)CC2CCC1CC2. The van der Waals surface area contributed by atoms with E-state index in [0.717, 1.165) is 24.8 Å². The second kappa shape index (κ2) is 4.97. The molecule has 3 heteroatoms. The van der Waals surface area contributed by atoms with E-state index < -0.39 is 5.54 Å². The van der Waals surface area contributed by atoms with Crippen LogP contribution in [0.25, 0.3) is 0 Å². The molecule has 0 saturated heterocycles. The summed E-state index contributed by atoms with van der Waals surface area (Å²) in [5, 5.41) is 0. The van der Waals surface area contributed by atoms with Crippen molar-refractivity contribution in [3.63, 3.8) is 0 Å². The van der Waals surface area contributed by atoms with Gasteiger partial charge in [-0.1, -0.05) is 43.2 Å². The monoisotopic (exact) mass is 259 g/mol. The number of ether oxygens (including phenoxy) is 1. The van der Waals surface area contributed by atoms with E-state index in [-0.39, 0.29) is 5.97 Å². The van der Waals surface area contributed by atoms with Crippen LogP contribution in [0.5, 0.6) is 0 Å². The number of hydrogen-bond acceptors (Lipinski definition) is 3. The maximum Gasteiger partial charge on any atom is 0.326 e. The van der Waals surface area contributed by atoms with Crippen molar-refractivity contribution in [1.82, 2.24) is 0 Å². The third-order valence-corrected chi connectivity index (χ3v) is 4.79. The molecule has 2 N–H and O–H groups in total.